The maximum Gasteiger partial charge on any atom is 0.341 e. The number of carboxylic acids is 1. The Labute approximate surface area is 222 Å². The van der Waals surface area contributed by atoms with Crippen LogP contribution >= 0.6 is 0 Å². The molecule has 2 aromatic carbocycles. The van der Waals surface area contributed by atoms with Crippen LogP contribution in [0.1, 0.15) is 34.8 Å². The zero-order valence-corrected chi connectivity index (χ0v) is 21.0. The minimum Gasteiger partial charge on any atom is -0.477 e. The molecule has 0 spiro atoms. The molecule has 39 heavy (non-hydrogen) atoms. The molecule has 1 saturated heterocycles. The van der Waals surface area contributed by atoms with Crippen molar-refractivity contribution in [3.05, 3.63) is 81.9 Å². The molecule has 1 unspecified atom stereocenters. The molecule has 10 heteroatoms. The highest BCUT2D eigenvalue weighted by Gasteiger charge is 2.33. The minimum atomic E-state index is -1.35. The predicted molar refractivity (Wildman–Crippen MR) is 148 cm³/mol. The molecule has 6 rings (SSSR count). The van der Waals surface area contributed by atoms with Crippen molar-refractivity contribution in [3.63, 3.8) is 0 Å². The highest BCUT2D eigenvalue weighted by molar-refractivity contribution is 6.00. The van der Waals surface area contributed by atoms with Gasteiger partial charge in [-0.25, -0.2) is 14.2 Å². The van der Waals surface area contributed by atoms with Crippen LogP contribution in [0, 0.1) is 11.7 Å². The van der Waals surface area contributed by atoms with Gasteiger partial charge in [-0.2, -0.15) is 0 Å². The number of pyridine rings is 2. The Bertz CT molecular complexity index is 1720. The molecule has 2 fully saturated rings. The van der Waals surface area contributed by atoms with Crippen molar-refractivity contribution >= 4 is 45.5 Å². The van der Waals surface area contributed by atoms with Crippen molar-refractivity contribution in [2.75, 3.05) is 31.3 Å². The number of halogens is 1. The third kappa shape index (κ3) is 4.67. The van der Waals surface area contributed by atoms with E-state index in [1.807, 2.05) is 48.7 Å². The number of fused-ring (bicyclic) bond motifs is 2. The summed E-state index contributed by atoms with van der Waals surface area (Å²) >= 11 is 0. The van der Waals surface area contributed by atoms with E-state index in [4.69, 9.17) is 0 Å². The normalized spacial score (nSPS) is 18.7. The van der Waals surface area contributed by atoms with Gasteiger partial charge in [0.05, 0.1) is 11.9 Å². The zero-order valence-electron chi connectivity index (χ0n) is 21.0. The summed E-state index contributed by atoms with van der Waals surface area (Å²) < 4.78 is 17.1. The van der Waals surface area contributed by atoms with Gasteiger partial charge in [0.1, 0.15) is 17.9 Å². The summed E-state index contributed by atoms with van der Waals surface area (Å²) in [6.07, 6.45) is 4.80. The smallest absolute Gasteiger partial charge is 0.341 e. The molecule has 0 amide bonds. The van der Waals surface area contributed by atoms with Crippen LogP contribution in [0.2, 0.25) is 0 Å². The van der Waals surface area contributed by atoms with E-state index in [1.165, 1.54) is 6.20 Å². The topological polar surface area (TPSA) is 120 Å². The van der Waals surface area contributed by atoms with Crippen LogP contribution in [-0.4, -0.2) is 64.0 Å². The lowest BCUT2D eigenvalue weighted by atomic mass is 10.1. The number of aliphatic imine (C=N–C) groups is 2. The van der Waals surface area contributed by atoms with Gasteiger partial charge < -0.3 is 19.7 Å². The Kier molecular flexibility index (Phi) is 6.40. The van der Waals surface area contributed by atoms with Crippen molar-refractivity contribution in [3.8, 4) is 0 Å². The Morgan fingerprint density at radius 3 is 2.72 bits per heavy atom. The van der Waals surface area contributed by atoms with Crippen LogP contribution < -0.4 is 10.3 Å². The van der Waals surface area contributed by atoms with Gasteiger partial charge in [0.2, 0.25) is 5.43 Å². The Morgan fingerprint density at radius 2 is 1.95 bits per heavy atom. The number of carbonyl (C=O) groups is 1. The molecular formula is C29H26FN5O4. The van der Waals surface area contributed by atoms with Gasteiger partial charge >= 0.3 is 5.97 Å². The number of aromatic nitrogens is 2. The second kappa shape index (κ2) is 10.0. The Morgan fingerprint density at radius 1 is 1.15 bits per heavy atom. The lowest BCUT2D eigenvalue weighted by molar-refractivity contribution is 0.0694. The summed E-state index contributed by atoms with van der Waals surface area (Å²) in [5.74, 6) is -2.17. The van der Waals surface area contributed by atoms with Gasteiger partial charge in [0.25, 0.3) is 0 Å². The van der Waals surface area contributed by atoms with E-state index in [1.54, 1.807) is 9.47 Å². The van der Waals surface area contributed by atoms with E-state index in [9.17, 15) is 19.8 Å². The van der Waals surface area contributed by atoms with Crippen molar-refractivity contribution in [1.82, 2.24) is 9.55 Å². The summed E-state index contributed by atoms with van der Waals surface area (Å²) in [7, 11) is 0. The van der Waals surface area contributed by atoms with Crippen LogP contribution in [0.3, 0.4) is 0 Å². The fraction of sp³-hybridized carbons (Fsp3) is 0.276. The molecule has 2 aliphatic rings. The van der Waals surface area contributed by atoms with Crippen LogP contribution in [0.15, 0.2) is 69.5 Å². The van der Waals surface area contributed by atoms with Gasteiger partial charge in [-0.05, 0) is 29.7 Å². The fourth-order valence-electron chi connectivity index (χ4n) is 5.24. The van der Waals surface area contributed by atoms with E-state index in [-0.39, 0.29) is 42.1 Å². The number of nitrogens with zero attached hydrogens (tertiary/aromatic N) is 5. The molecule has 2 N–H and O–H groups in total. The van der Waals surface area contributed by atoms with Gasteiger partial charge in [-0.3, -0.25) is 14.8 Å². The summed E-state index contributed by atoms with van der Waals surface area (Å²) in [5.41, 5.74) is 0.796. The van der Waals surface area contributed by atoms with Crippen LogP contribution in [-0.2, 0) is 0 Å². The maximum atomic E-state index is 15.4. The van der Waals surface area contributed by atoms with Gasteiger partial charge in [0, 0.05) is 48.7 Å². The van der Waals surface area contributed by atoms with Crippen LogP contribution in [0.5, 0.6) is 0 Å². The Hall–Kier alpha value is -4.44. The fourth-order valence-corrected chi connectivity index (χ4v) is 5.24. The van der Waals surface area contributed by atoms with E-state index >= 15 is 4.39 Å². The first kappa shape index (κ1) is 24.9. The summed E-state index contributed by atoms with van der Waals surface area (Å²) in [5, 5.41) is 21.1. The number of rotatable bonds is 7. The van der Waals surface area contributed by atoms with Crippen LogP contribution in [0.4, 0.5) is 10.2 Å². The second-order valence-electron chi connectivity index (χ2n) is 9.91. The molecule has 4 aromatic rings. The molecular weight excluding hydrogens is 501 g/mol. The minimum absolute atomic E-state index is 0.0262. The third-order valence-electron chi connectivity index (χ3n) is 7.33. The van der Waals surface area contributed by atoms with Crippen molar-refractivity contribution < 1.29 is 19.4 Å². The Balaban J connectivity index is 1.31. The molecule has 1 saturated carbocycles. The first-order valence-electron chi connectivity index (χ1n) is 12.8. The summed E-state index contributed by atoms with van der Waals surface area (Å²) in [6, 6.07) is 15.2. The average Bonchev–Trinajstić information content (AvgIpc) is 3.70. The molecule has 198 valence electrons. The number of aliphatic hydroxyl groups is 1. The molecule has 9 nitrogen and oxygen atoms in total. The SMILES string of the molecule is O=C(O)c1cn(C2CC2)c2nc(N3C/C(=N\CO)C(C/N=C\c4cccc5ccccc45)C3)c(F)cc2c1=O. The first-order valence-corrected chi connectivity index (χ1v) is 12.8. The monoisotopic (exact) mass is 527 g/mol. The molecule has 2 aromatic heterocycles. The van der Waals surface area contributed by atoms with Crippen molar-refractivity contribution in [1.29, 1.82) is 0 Å². The number of aliphatic hydroxyl groups excluding tert-OH is 1. The largest absolute Gasteiger partial charge is 0.477 e. The number of hydrogen-bond acceptors (Lipinski definition) is 7. The maximum absolute atomic E-state index is 15.4. The van der Waals surface area contributed by atoms with Gasteiger partial charge in [-0.15, -0.1) is 0 Å². The molecule has 0 bridgehead atoms. The number of hydrogen-bond donors (Lipinski definition) is 2. The number of aromatic carboxylic acids is 1. The van der Waals surface area contributed by atoms with E-state index in [0.717, 1.165) is 35.2 Å². The zero-order chi connectivity index (χ0) is 27.1. The molecule has 1 aliphatic heterocycles. The highest BCUT2D eigenvalue weighted by Crippen LogP contribution is 2.37. The average molecular weight is 528 g/mol. The number of benzene rings is 2. The number of carboxylic acid groups (broad SMARTS) is 1. The third-order valence-corrected chi connectivity index (χ3v) is 7.33. The standard InChI is InChI=1S/C29H26FN5O4/c30-24-10-22-26(37)23(29(38)39)14-35(20-8-9-20)27(22)33-28(24)34-13-19(25(15-34)32-16-36)12-31-11-18-6-3-5-17-4-1-2-7-21(17)18/h1-7,10-11,14,19-20,36H,8-9,12-13,15-16H2,(H,38,39)/b31-11-,32-25+. The first-order chi connectivity index (χ1) is 18.9. The quantitative estimate of drug-likeness (QED) is 0.354. The van der Waals surface area contributed by atoms with Crippen molar-refractivity contribution in [2.45, 2.75) is 18.9 Å². The van der Waals surface area contributed by atoms with E-state index in [2.05, 4.69) is 15.0 Å². The number of anilines is 1. The molecule has 1 aliphatic carbocycles. The van der Waals surface area contributed by atoms with Crippen molar-refractivity contribution in [2.24, 2.45) is 15.9 Å². The molecule has 0 radical (unpaired) electrons. The van der Waals surface area contributed by atoms with Gasteiger partial charge in [-0.1, -0.05) is 42.5 Å². The van der Waals surface area contributed by atoms with E-state index in [0.29, 0.717) is 18.8 Å². The molecule has 1 atom stereocenters. The van der Waals surface area contributed by atoms with Gasteiger partial charge in [0.15, 0.2) is 11.6 Å². The summed E-state index contributed by atoms with van der Waals surface area (Å²) in [6.45, 7) is 0.634. The lowest BCUT2D eigenvalue weighted by Gasteiger charge is -2.19. The summed E-state index contributed by atoms with van der Waals surface area (Å²) in [4.78, 5) is 39.6. The van der Waals surface area contributed by atoms with E-state index < -0.39 is 22.8 Å². The van der Waals surface area contributed by atoms with Crippen LogP contribution in [0.25, 0.3) is 21.8 Å². The highest BCUT2D eigenvalue weighted by atomic mass is 19.1. The lowest BCUT2D eigenvalue weighted by Crippen LogP contribution is -2.25. The molecule has 3 heterocycles. The predicted octanol–water partition coefficient (Wildman–Crippen LogP) is 3.67. The second-order valence-corrected chi connectivity index (χ2v) is 9.91.